The van der Waals surface area contributed by atoms with E-state index in [2.05, 4.69) is 6.07 Å². The molecule has 0 atom stereocenters. The van der Waals surface area contributed by atoms with Crippen LogP contribution in [0.25, 0.3) is 0 Å². The molecule has 2 rings (SSSR count). The van der Waals surface area contributed by atoms with Crippen molar-refractivity contribution in [3.63, 3.8) is 0 Å². The van der Waals surface area contributed by atoms with Gasteiger partial charge < -0.3 is 5.11 Å². The van der Waals surface area contributed by atoms with Gasteiger partial charge in [0.15, 0.2) is 0 Å². The van der Waals surface area contributed by atoms with Gasteiger partial charge in [-0.2, -0.15) is 0 Å². The van der Waals surface area contributed by atoms with E-state index in [0.717, 1.165) is 24.0 Å². The van der Waals surface area contributed by atoms with E-state index in [-0.39, 0.29) is 0 Å². The average molecular weight is 162 g/mol. The van der Waals surface area contributed by atoms with Crippen LogP contribution in [0, 0.1) is 0 Å². The number of para-hydroxylation sites is 1. The average Bonchev–Trinajstić information content (AvgIpc) is 2.10. The lowest BCUT2D eigenvalue weighted by molar-refractivity contribution is 0.453. The minimum atomic E-state index is 0.553. The van der Waals surface area contributed by atoms with E-state index in [1.807, 2.05) is 12.1 Å². The van der Waals surface area contributed by atoms with Gasteiger partial charge in [0.2, 0.25) is 0 Å². The van der Waals surface area contributed by atoms with Crippen molar-refractivity contribution in [3.8, 4) is 5.75 Å². The van der Waals surface area contributed by atoms with Crippen molar-refractivity contribution in [2.75, 3.05) is 0 Å². The van der Waals surface area contributed by atoms with Crippen LogP contribution in [0.5, 0.6) is 5.75 Å². The van der Waals surface area contributed by atoms with Crippen LogP contribution in [0.4, 0.5) is 0 Å². The largest absolute Gasteiger partial charge is 0.507 e. The number of hydrogen-bond donors (Lipinski definition) is 1. The smallest absolute Gasteiger partial charge is 0.121 e. The number of hydrogen-bond acceptors (Lipinski definition) is 1. The molecular weight excluding hydrogens is 148 g/mol. The van der Waals surface area contributed by atoms with E-state index in [1.54, 1.807) is 0 Å². The Hall–Kier alpha value is -0.980. The Kier molecular flexibility index (Phi) is 2.03. The SMILES string of the molecule is Oc1c2cccc1CCCCC2. The fourth-order valence-corrected chi connectivity index (χ4v) is 1.86. The quantitative estimate of drug-likeness (QED) is 0.621. The summed E-state index contributed by atoms with van der Waals surface area (Å²) in [6.45, 7) is 0. The molecule has 1 N–H and O–H groups in total. The number of aryl methyl sites for hydroxylation is 2. The molecule has 1 nitrogen and oxygen atoms in total. The molecule has 1 heteroatoms. The van der Waals surface area contributed by atoms with Crippen molar-refractivity contribution >= 4 is 0 Å². The minimum Gasteiger partial charge on any atom is -0.507 e. The lowest BCUT2D eigenvalue weighted by Gasteiger charge is -2.12. The first-order valence-electron chi connectivity index (χ1n) is 4.67. The van der Waals surface area contributed by atoms with Gasteiger partial charge in [0, 0.05) is 0 Å². The molecule has 1 aromatic carbocycles. The summed E-state index contributed by atoms with van der Waals surface area (Å²) in [7, 11) is 0. The van der Waals surface area contributed by atoms with Gasteiger partial charge in [0.1, 0.15) is 5.75 Å². The standard InChI is InChI=1S/C11H14O/c12-11-9-5-2-1-3-6-10(11)8-4-7-9/h4,7-8,12H,1-3,5-6H2. The molecule has 64 valence electrons. The van der Waals surface area contributed by atoms with E-state index in [9.17, 15) is 5.11 Å². The van der Waals surface area contributed by atoms with Crippen LogP contribution < -0.4 is 0 Å². The van der Waals surface area contributed by atoms with Crippen molar-refractivity contribution < 1.29 is 5.11 Å². The highest BCUT2D eigenvalue weighted by atomic mass is 16.3. The van der Waals surface area contributed by atoms with Crippen molar-refractivity contribution in [2.24, 2.45) is 0 Å². The second kappa shape index (κ2) is 3.18. The first kappa shape index (κ1) is 7.66. The molecule has 0 saturated heterocycles. The molecule has 0 aliphatic heterocycles. The van der Waals surface area contributed by atoms with E-state index >= 15 is 0 Å². The second-order valence-electron chi connectivity index (χ2n) is 3.49. The molecule has 0 radical (unpaired) electrons. The molecule has 0 spiro atoms. The molecule has 0 amide bonds. The van der Waals surface area contributed by atoms with E-state index < -0.39 is 0 Å². The number of rotatable bonds is 0. The Bertz CT molecular complexity index is 254. The van der Waals surface area contributed by atoms with Gasteiger partial charge in [-0.3, -0.25) is 0 Å². The summed E-state index contributed by atoms with van der Waals surface area (Å²) < 4.78 is 0. The van der Waals surface area contributed by atoms with Crippen molar-refractivity contribution in [1.29, 1.82) is 0 Å². The van der Waals surface area contributed by atoms with Gasteiger partial charge in [-0.1, -0.05) is 24.6 Å². The molecule has 0 saturated carbocycles. The predicted molar refractivity (Wildman–Crippen MR) is 49.4 cm³/mol. The first-order valence-corrected chi connectivity index (χ1v) is 4.67. The highest BCUT2D eigenvalue weighted by molar-refractivity contribution is 5.40. The zero-order chi connectivity index (χ0) is 8.39. The zero-order valence-electron chi connectivity index (χ0n) is 7.21. The van der Waals surface area contributed by atoms with Crippen LogP contribution >= 0.6 is 0 Å². The third-order valence-corrected chi connectivity index (χ3v) is 2.60. The molecule has 2 bridgehead atoms. The van der Waals surface area contributed by atoms with Crippen LogP contribution in [0.2, 0.25) is 0 Å². The molecule has 0 aromatic heterocycles. The van der Waals surface area contributed by atoms with Crippen LogP contribution in [0.3, 0.4) is 0 Å². The zero-order valence-corrected chi connectivity index (χ0v) is 7.21. The third-order valence-electron chi connectivity index (χ3n) is 2.60. The summed E-state index contributed by atoms with van der Waals surface area (Å²) in [5.41, 5.74) is 2.26. The maximum Gasteiger partial charge on any atom is 0.121 e. The summed E-state index contributed by atoms with van der Waals surface area (Å²) in [4.78, 5) is 0. The first-order chi connectivity index (χ1) is 5.88. The number of phenolic OH excluding ortho intramolecular Hbond substituents is 1. The fraction of sp³-hybridized carbons (Fsp3) is 0.455. The summed E-state index contributed by atoms with van der Waals surface area (Å²) in [5, 5.41) is 9.75. The van der Waals surface area contributed by atoms with Gasteiger partial charge in [0.05, 0.1) is 0 Å². The number of fused-ring (bicyclic) bond motifs is 2. The summed E-state index contributed by atoms with van der Waals surface area (Å²) in [5.74, 6) is 0.553. The maximum absolute atomic E-state index is 9.75. The third kappa shape index (κ3) is 1.31. The highest BCUT2D eigenvalue weighted by Crippen LogP contribution is 2.27. The van der Waals surface area contributed by atoms with Gasteiger partial charge in [-0.25, -0.2) is 0 Å². The predicted octanol–water partition coefficient (Wildman–Crippen LogP) is 2.66. The van der Waals surface area contributed by atoms with Crippen LogP contribution in [0.1, 0.15) is 30.4 Å². The summed E-state index contributed by atoms with van der Waals surface area (Å²) in [6, 6.07) is 6.12. The maximum atomic E-state index is 9.75. The lowest BCUT2D eigenvalue weighted by atomic mass is 9.95. The lowest BCUT2D eigenvalue weighted by Crippen LogP contribution is -1.96. The monoisotopic (exact) mass is 162 g/mol. The normalized spacial score (nSPS) is 16.7. The summed E-state index contributed by atoms with van der Waals surface area (Å²) >= 11 is 0. The Morgan fingerprint density at radius 3 is 2.08 bits per heavy atom. The van der Waals surface area contributed by atoms with Crippen molar-refractivity contribution in [1.82, 2.24) is 0 Å². The second-order valence-corrected chi connectivity index (χ2v) is 3.49. The molecule has 1 aliphatic carbocycles. The molecule has 0 unspecified atom stereocenters. The van der Waals surface area contributed by atoms with Crippen molar-refractivity contribution in [3.05, 3.63) is 29.3 Å². The van der Waals surface area contributed by atoms with Gasteiger partial charge in [0.25, 0.3) is 0 Å². The van der Waals surface area contributed by atoms with Crippen LogP contribution in [0.15, 0.2) is 18.2 Å². The molecule has 1 aromatic rings. The molecule has 0 heterocycles. The summed E-state index contributed by atoms with van der Waals surface area (Å²) in [6.07, 6.45) is 5.81. The van der Waals surface area contributed by atoms with Gasteiger partial charge >= 0.3 is 0 Å². The Balaban J connectivity index is 2.42. The van der Waals surface area contributed by atoms with Gasteiger partial charge in [-0.05, 0) is 36.8 Å². The number of aromatic hydroxyl groups is 1. The van der Waals surface area contributed by atoms with Gasteiger partial charge in [-0.15, -0.1) is 0 Å². The topological polar surface area (TPSA) is 20.2 Å². The molecule has 1 aliphatic rings. The van der Waals surface area contributed by atoms with Crippen LogP contribution in [-0.4, -0.2) is 5.11 Å². The Morgan fingerprint density at radius 1 is 0.917 bits per heavy atom. The number of phenols is 1. The van der Waals surface area contributed by atoms with E-state index in [0.29, 0.717) is 5.75 Å². The minimum absolute atomic E-state index is 0.553. The van der Waals surface area contributed by atoms with E-state index in [4.69, 9.17) is 0 Å². The molecule has 0 fully saturated rings. The highest BCUT2D eigenvalue weighted by Gasteiger charge is 2.09. The van der Waals surface area contributed by atoms with E-state index in [1.165, 1.54) is 19.3 Å². The molecular formula is C11H14O. The Morgan fingerprint density at radius 2 is 1.50 bits per heavy atom. The van der Waals surface area contributed by atoms with Crippen LogP contribution in [-0.2, 0) is 12.8 Å². The van der Waals surface area contributed by atoms with Crippen molar-refractivity contribution in [2.45, 2.75) is 32.1 Å². The molecule has 12 heavy (non-hydrogen) atoms. The Labute approximate surface area is 73.0 Å². The fourth-order valence-electron chi connectivity index (χ4n) is 1.86. The number of benzene rings is 1.